The zero-order valence-electron chi connectivity index (χ0n) is 25.4. The maximum absolute atomic E-state index is 12.5. The number of benzene rings is 2. The van der Waals surface area contributed by atoms with Gasteiger partial charge in [0.25, 0.3) is 5.69 Å². The number of imidazole rings is 2. The van der Waals surface area contributed by atoms with Crippen LogP contribution in [-0.2, 0) is 20.4 Å². The summed E-state index contributed by atoms with van der Waals surface area (Å²) in [6, 6.07) is 14.2. The molecule has 2 aliphatic rings. The number of amides is 2. The van der Waals surface area contributed by atoms with E-state index in [0.29, 0.717) is 23.0 Å². The fourth-order valence-corrected chi connectivity index (χ4v) is 5.89. The summed E-state index contributed by atoms with van der Waals surface area (Å²) in [6.45, 7) is 0. The minimum absolute atomic E-state index is 0. The first-order valence-corrected chi connectivity index (χ1v) is 14.9. The van der Waals surface area contributed by atoms with Gasteiger partial charge in [-0.05, 0) is 37.8 Å². The van der Waals surface area contributed by atoms with E-state index in [2.05, 4.69) is 9.97 Å². The van der Waals surface area contributed by atoms with E-state index in [4.69, 9.17) is 5.73 Å². The summed E-state index contributed by atoms with van der Waals surface area (Å²) in [5.74, 6) is 0. The Labute approximate surface area is 283 Å². The molecule has 2 fully saturated rings. The summed E-state index contributed by atoms with van der Waals surface area (Å²) in [5.41, 5.74) is 9.33. The molecule has 0 aliphatic heterocycles. The summed E-state index contributed by atoms with van der Waals surface area (Å²) in [4.78, 5) is 47.5. The second-order valence-electron chi connectivity index (χ2n) is 11.4. The molecule has 0 spiro atoms. The Balaban J connectivity index is 0.000000241. The van der Waals surface area contributed by atoms with Gasteiger partial charge in [-0.3, -0.25) is 19.2 Å². The number of non-ortho nitro benzene ring substituents is 1. The van der Waals surface area contributed by atoms with E-state index in [0.717, 1.165) is 49.8 Å². The number of nitro groups is 1. The number of nitrogens with zero attached hydrogens (tertiary/aromatic N) is 7. The standard InChI is InChI=1S/C16H18N4O3.C16H20N4O.CH4.Pd/c1-18(13-6-2-3-7-13)16(21)19-10-15(17-11-19)12-5-4-8-14(9-12)20(22)23;1-19(14-7-2-3-8-14)16(21)20-10-15(18-11-20)12-5-4-6-13(17)9-12;;/h4-5,8-11,13H,2-3,6-7H2,1H3;4-6,9-11,14H,2-3,7-8,17H2,1H3;1H4;. The normalized spacial score (nSPS) is 14.4. The SMILES string of the molecule is C.CN(C(=O)n1cnc(-c2cccc(N)c2)c1)C1CCCC1.CN(C(=O)n1cnc(-c2cccc([N+](=O)[O-])c2)c1)C1CCCC1.[Pd]. The van der Waals surface area contributed by atoms with E-state index < -0.39 is 4.92 Å². The van der Waals surface area contributed by atoms with Crippen molar-refractivity contribution >= 4 is 23.4 Å². The Morgan fingerprint density at radius 3 is 1.67 bits per heavy atom. The molecule has 0 unspecified atom stereocenters. The fraction of sp³-hybridized carbons (Fsp3) is 0.394. The summed E-state index contributed by atoms with van der Waals surface area (Å²) in [7, 11) is 3.68. The molecule has 0 bridgehead atoms. The minimum Gasteiger partial charge on any atom is -0.399 e. The number of aromatic nitrogens is 4. The van der Waals surface area contributed by atoms with Gasteiger partial charge < -0.3 is 15.5 Å². The molecule has 0 saturated heterocycles. The second-order valence-corrected chi connectivity index (χ2v) is 11.4. The second kappa shape index (κ2) is 16.3. The van der Waals surface area contributed by atoms with Crippen LogP contribution in [0.15, 0.2) is 73.6 Å². The van der Waals surface area contributed by atoms with Crippen LogP contribution in [-0.4, -0.2) is 72.1 Å². The molecular weight excluding hydrogens is 679 g/mol. The number of nitro benzene ring substituents is 1. The minimum atomic E-state index is -0.445. The van der Waals surface area contributed by atoms with E-state index in [1.54, 1.807) is 40.3 Å². The van der Waals surface area contributed by atoms with E-state index in [1.807, 2.05) is 43.3 Å². The monoisotopic (exact) mass is 720 g/mol. The number of nitrogen functional groups attached to an aromatic ring is 1. The van der Waals surface area contributed by atoms with E-state index in [-0.39, 0.29) is 51.6 Å². The number of rotatable bonds is 5. The third-order valence-corrected chi connectivity index (χ3v) is 8.49. The number of hydrogen-bond donors (Lipinski definition) is 1. The van der Waals surface area contributed by atoms with Crippen molar-refractivity contribution in [3.63, 3.8) is 0 Å². The number of anilines is 1. The van der Waals surface area contributed by atoms with Crippen molar-refractivity contribution in [1.29, 1.82) is 0 Å². The first-order chi connectivity index (χ1) is 21.2. The van der Waals surface area contributed by atoms with Gasteiger partial charge in [-0.1, -0.05) is 57.4 Å². The predicted octanol–water partition coefficient (Wildman–Crippen LogP) is 6.91. The molecule has 2 amide bonds. The molecule has 2 heterocycles. The molecule has 2 N–H and O–H groups in total. The Kier molecular flexibility index (Phi) is 12.8. The van der Waals surface area contributed by atoms with Crippen LogP contribution in [0.4, 0.5) is 21.0 Å². The molecule has 2 aliphatic carbocycles. The quantitative estimate of drug-likeness (QED) is 0.102. The van der Waals surface area contributed by atoms with Crippen LogP contribution in [0.25, 0.3) is 22.5 Å². The van der Waals surface area contributed by atoms with Gasteiger partial charge in [-0.2, -0.15) is 0 Å². The Morgan fingerprint density at radius 1 is 0.804 bits per heavy atom. The largest absolute Gasteiger partial charge is 0.399 e. The Bertz CT molecular complexity index is 1620. The van der Waals surface area contributed by atoms with Gasteiger partial charge in [-0.15, -0.1) is 0 Å². The molecule has 248 valence electrons. The van der Waals surface area contributed by atoms with Crippen LogP contribution in [0.1, 0.15) is 58.8 Å². The van der Waals surface area contributed by atoms with Crippen LogP contribution < -0.4 is 5.73 Å². The number of carbonyl (C=O) groups excluding carboxylic acids is 2. The fourth-order valence-electron chi connectivity index (χ4n) is 5.89. The van der Waals surface area contributed by atoms with Crippen molar-refractivity contribution in [1.82, 2.24) is 28.9 Å². The van der Waals surface area contributed by atoms with Gasteiger partial charge in [0.1, 0.15) is 12.7 Å². The summed E-state index contributed by atoms with van der Waals surface area (Å²) in [5, 5.41) is 10.9. The summed E-state index contributed by atoms with van der Waals surface area (Å²) >= 11 is 0. The Morgan fingerprint density at radius 2 is 1.24 bits per heavy atom. The van der Waals surface area contributed by atoms with Crippen molar-refractivity contribution in [3.05, 3.63) is 83.7 Å². The van der Waals surface area contributed by atoms with Gasteiger partial charge in [0.15, 0.2) is 0 Å². The molecule has 6 rings (SSSR count). The maximum Gasteiger partial charge on any atom is 0.329 e. The smallest absolute Gasteiger partial charge is 0.329 e. The molecule has 13 heteroatoms. The van der Waals surface area contributed by atoms with Crippen LogP contribution >= 0.6 is 0 Å². The summed E-state index contributed by atoms with van der Waals surface area (Å²) < 4.78 is 2.99. The molecule has 2 aromatic carbocycles. The van der Waals surface area contributed by atoms with E-state index in [9.17, 15) is 19.7 Å². The number of hydrogen-bond acceptors (Lipinski definition) is 7. The number of carbonyl (C=O) groups is 2. The molecule has 2 aromatic heterocycles. The molecule has 12 nitrogen and oxygen atoms in total. The maximum atomic E-state index is 12.5. The molecule has 46 heavy (non-hydrogen) atoms. The van der Waals surface area contributed by atoms with Gasteiger partial charge in [0.05, 0.1) is 16.3 Å². The molecule has 0 atom stereocenters. The average Bonchev–Trinajstić information content (AvgIpc) is 3.87. The number of nitrogens with two attached hydrogens (primary N) is 1. The first kappa shape index (κ1) is 36.1. The van der Waals surface area contributed by atoms with E-state index in [1.165, 1.54) is 35.9 Å². The van der Waals surface area contributed by atoms with Crippen LogP contribution in [0.2, 0.25) is 0 Å². The van der Waals surface area contributed by atoms with E-state index >= 15 is 0 Å². The zero-order valence-corrected chi connectivity index (χ0v) is 27.0. The molecule has 4 aromatic rings. The van der Waals surface area contributed by atoms with Crippen molar-refractivity contribution in [2.24, 2.45) is 0 Å². The van der Waals surface area contributed by atoms with Crippen molar-refractivity contribution in [2.75, 3.05) is 19.8 Å². The predicted molar refractivity (Wildman–Crippen MR) is 175 cm³/mol. The summed E-state index contributed by atoms with van der Waals surface area (Å²) in [6.07, 6.45) is 15.4. The zero-order chi connectivity index (χ0) is 31.2. The molecule has 0 radical (unpaired) electrons. The average molecular weight is 721 g/mol. The van der Waals surface area contributed by atoms with Crippen molar-refractivity contribution in [2.45, 2.75) is 70.9 Å². The first-order valence-electron chi connectivity index (χ1n) is 14.9. The van der Waals surface area contributed by atoms with Gasteiger partial charge in [-0.25, -0.2) is 19.6 Å². The third-order valence-electron chi connectivity index (χ3n) is 8.49. The van der Waals surface area contributed by atoms with Crippen molar-refractivity contribution < 1.29 is 34.9 Å². The van der Waals surface area contributed by atoms with Gasteiger partial charge in [0.2, 0.25) is 0 Å². The van der Waals surface area contributed by atoms with Crippen LogP contribution in [0, 0.1) is 10.1 Å². The van der Waals surface area contributed by atoms with Crippen LogP contribution in [0.3, 0.4) is 0 Å². The van der Waals surface area contributed by atoms with Crippen molar-refractivity contribution in [3.8, 4) is 22.5 Å². The van der Waals surface area contributed by atoms with Gasteiger partial charge in [0, 0.05) is 87.9 Å². The Hall–Kier alpha value is -4.34. The molecular formula is C33H42N8O4Pd. The van der Waals surface area contributed by atoms with Gasteiger partial charge >= 0.3 is 12.1 Å². The third kappa shape index (κ3) is 8.47. The molecule has 2 saturated carbocycles. The topological polar surface area (TPSA) is 145 Å². The van der Waals surface area contributed by atoms with Crippen LogP contribution in [0.5, 0.6) is 0 Å².